The second-order valence-electron chi connectivity index (χ2n) is 1.94. The number of carboxylic acid groups (broad SMARTS) is 1. The summed E-state index contributed by atoms with van der Waals surface area (Å²) in [5, 5.41) is 17.7. The van der Waals surface area contributed by atoms with E-state index in [-0.39, 0.29) is 11.3 Å². The van der Waals surface area contributed by atoms with Gasteiger partial charge in [-0.05, 0) is 34.7 Å². The molecule has 0 aliphatic rings. The number of carbonyl (C=O) groups is 1. The smallest absolute Gasteiger partial charge is 0.336 e. The van der Waals surface area contributed by atoms with Gasteiger partial charge in [0.2, 0.25) is 0 Å². The van der Waals surface area contributed by atoms with Crippen LogP contribution in [0, 0.1) is 3.57 Å². The van der Waals surface area contributed by atoms with E-state index < -0.39 is 5.97 Å². The van der Waals surface area contributed by atoms with E-state index in [9.17, 15) is 4.79 Å². The highest BCUT2D eigenvalue weighted by molar-refractivity contribution is 14.1. The van der Waals surface area contributed by atoms with Gasteiger partial charge < -0.3 is 10.2 Å². The first-order valence-corrected chi connectivity index (χ1v) is 3.91. The van der Waals surface area contributed by atoms with E-state index in [1.54, 1.807) is 22.6 Å². The highest BCUT2D eigenvalue weighted by atomic mass is 127. The van der Waals surface area contributed by atoms with Gasteiger partial charge in [-0.3, -0.25) is 0 Å². The predicted molar refractivity (Wildman–Crippen MR) is 47.8 cm³/mol. The Morgan fingerprint density at radius 1 is 1.45 bits per heavy atom. The number of aromatic carboxylic acids is 1. The fourth-order valence-corrected chi connectivity index (χ4v) is 1.28. The molecule has 0 aromatic heterocycles. The summed E-state index contributed by atoms with van der Waals surface area (Å²) in [6.45, 7) is 0. The van der Waals surface area contributed by atoms with Gasteiger partial charge in [-0.1, -0.05) is 6.07 Å². The molecule has 0 aliphatic heterocycles. The number of phenols is 1. The zero-order valence-electron chi connectivity index (χ0n) is 5.41. The first kappa shape index (κ1) is 8.32. The number of phenolic OH excluding ortho intramolecular Hbond substituents is 1. The van der Waals surface area contributed by atoms with Crippen LogP contribution in [0.25, 0.3) is 0 Å². The molecule has 1 rings (SSSR count). The maximum atomic E-state index is 10.5. The molecular formula is C7H5IO3. The number of rotatable bonds is 1. The Morgan fingerprint density at radius 2 is 2.09 bits per heavy atom. The summed E-state index contributed by atoms with van der Waals surface area (Å²) in [5.74, 6) is -1.02. The van der Waals surface area contributed by atoms with Crippen molar-refractivity contribution in [3.63, 3.8) is 0 Å². The Morgan fingerprint density at radius 3 is 2.55 bits per heavy atom. The number of hydrogen-bond donors (Lipinski definition) is 2. The quantitative estimate of drug-likeness (QED) is 0.759. The third kappa shape index (κ3) is 1.62. The Balaban J connectivity index is 3.27. The summed E-state index contributed by atoms with van der Waals surface area (Å²) >= 11 is 1.79. The largest absolute Gasteiger partial charge is 0.507 e. The summed E-state index contributed by atoms with van der Waals surface area (Å²) in [7, 11) is 0. The van der Waals surface area contributed by atoms with Crippen molar-refractivity contribution in [2.24, 2.45) is 0 Å². The first-order valence-electron chi connectivity index (χ1n) is 2.83. The van der Waals surface area contributed by atoms with Crippen LogP contribution >= 0.6 is 22.6 Å². The van der Waals surface area contributed by atoms with Crippen LogP contribution in [-0.2, 0) is 0 Å². The van der Waals surface area contributed by atoms with E-state index in [2.05, 4.69) is 0 Å². The lowest BCUT2D eigenvalue weighted by molar-refractivity contribution is 0.0695. The molecule has 0 saturated heterocycles. The Hall–Kier alpha value is -0.780. The van der Waals surface area contributed by atoms with Gasteiger partial charge in [-0.15, -0.1) is 0 Å². The third-order valence-electron chi connectivity index (χ3n) is 1.21. The molecule has 0 radical (unpaired) electrons. The van der Waals surface area contributed by atoms with Crippen molar-refractivity contribution in [3.05, 3.63) is 27.3 Å². The van der Waals surface area contributed by atoms with Crippen LogP contribution in [0.2, 0.25) is 0 Å². The van der Waals surface area contributed by atoms with Crippen LogP contribution in [0.4, 0.5) is 0 Å². The minimum Gasteiger partial charge on any atom is -0.507 e. The zero-order chi connectivity index (χ0) is 8.43. The molecule has 0 bridgehead atoms. The average Bonchev–Trinajstić information content (AvgIpc) is 1.94. The molecule has 0 amide bonds. The Kier molecular flexibility index (Phi) is 2.33. The topological polar surface area (TPSA) is 57.5 Å². The van der Waals surface area contributed by atoms with Gasteiger partial charge in [-0.2, -0.15) is 0 Å². The van der Waals surface area contributed by atoms with Crippen molar-refractivity contribution in [3.8, 4) is 5.75 Å². The van der Waals surface area contributed by atoms with Crippen molar-refractivity contribution < 1.29 is 15.0 Å². The van der Waals surface area contributed by atoms with E-state index in [1.165, 1.54) is 18.2 Å². The van der Waals surface area contributed by atoms with Gasteiger partial charge in [0, 0.05) is 0 Å². The number of hydrogen-bond acceptors (Lipinski definition) is 2. The third-order valence-corrected chi connectivity index (χ3v) is 2.34. The zero-order valence-corrected chi connectivity index (χ0v) is 7.57. The molecule has 0 unspecified atom stereocenters. The van der Waals surface area contributed by atoms with Crippen LogP contribution in [0.15, 0.2) is 18.2 Å². The molecule has 58 valence electrons. The second-order valence-corrected chi connectivity index (χ2v) is 3.02. The lowest BCUT2D eigenvalue weighted by Gasteiger charge is -1.99. The van der Waals surface area contributed by atoms with Crippen molar-refractivity contribution in [1.29, 1.82) is 0 Å². The molecule has 4 heteroatoms. The maximum absolute atomic E-state index is 10.5. The van der Waals surface area contributed by atoms with Crippen molar-refractivity contribution >= 4 is 28.6 Å². The molecule has 0 saturated carbocycles. The van der Waals surface area contributed by atoms with E-state index in [1.807, 2.05) is 0 Å². The van der Waals surface area contributed by atoms with Gasteiger partial charge in [-0.25, -0.2) is 4.79 Å². The SMILES string of the molecule is O=C(O)c1cccc(O)c1I. The molecule has 11 heavy (non-hydrogen) atoms. The number of benzene rings is 1. The Labute approximate surface area is 76.8 Å². The number of aromatic hydroxyl groups is 1. The predicted octanol–water partition coefficient (Wildman–Crippen LogP) is 1.70. The van der Waals surface area contributed by atoms with Gasteiger partial charge in [0.1, 0.15) is 5.75 Å². The summed E-state index contributed by atoms with van der Waals surface area (Å²) in [5.41, 5.74) is 0.130. The van der Waals surface area contributed by atoms with Gasteiger partial charge in [0.05, 0.1) is 9.13 Å². The van der Waals surface area contributed by atoms with Crippen molar-refractivity contribution in [2.45, 2.75) is 0 Å². The fourth-order valence-electron chi connectivity index (χ4n) is 0.685. The Bertz CT molecular complexity index is 296. The lowest BCUT2D eigenvalue weighted by Crippen LogP contribution is -1.98. The molecule has 0 spiro atoms. The van der Waals surface area contributed by atoms with Gasteiger partial charge in [0.15, 0.2) is 0 Å². The van der Waals surface area contributed by atoms with Crippen molar-refractivity contribution in [2.75, 3.05) is 0 Å². The van der Waals surface area contributed by atoms with Gasteiger partial charge >= 0.3 is 5.97 Å². The standard InChI is InChI=1S/C7H5IO3/c8-6-4(7(10)11)2-1-3-5(6)9/h1-3,9H,(H,10,11). The molecule has 2 N–H and O–H groups in total. The molecule has 0 atom stereocenters. The molecule has 1 aromatic carbocycles. The van der Waals surface area contributed by atoms with E-state index >= 15 is 0 Å². The number of carboxylic acids is 1. The molecule has 1 aromatic rings. The van der Waals surface area contributed by atoms with Crippen LogP contribution in [0.5, 0.6) is 5.75 Å². The summed E-state index contributed by atoms with van der Waals surface area (Å²) in [4.78, 5) is 10.5. The first-order chi connectivity index (χ1) is 5.13. The maximum Gasteiger partial charge on any atom is 0.336 e. The minimum absolute atomic E-state index is 0.00509. The highest BCUT2D eigenvalue weighted by Gasteiger charge is 2.09. The summed E-state index contributed by atoms with van der Waals surface area (Å²) in [6.07, 6.45) is 0. The van der Waals surface area contributed by atoms with Crippen LogP contribution in [-0.4, -0.2) is 16.2 Å². The highest BCUT2D eigenvalue weighted by Crippen LogP contribution is 2.22. The summed E-state index contributed by atoms with van der Waals surface area (Å²) < 4.78 is 0.373. The molecule has 0 fully saturated rings. The molecule has 0 heterocycles. The lowest BCUT2D eigenvalue weighted by atomic mass is 10.2. The monoisotopic (exact) mass is 264 g/mol. The molecule has 3 nitrogen and oxygen atoms in total. The van der Waals surface area contributed by atoms with E-state index in [4.69, 9.17) is 10.2 Å². The van der Waals surface area contributed by atoms with Crippen LogP contribution < -0.4 is 0 Å². The molecular weight excluding hydrogens is 259 g/mol. The van der Waals surface area contributed by atoms with Crippen molar-refractivity contribution in [1.82, 2.24) is 0 Å². The summed E-state index contributed by atoms with van der Waals surface area (Å²) in [6, 6.07) is 4.40. The van der Waals surface area contributed by atoms with E-state index in [0.29, 0.717) is 3.57 Å². The molecule has 0 aliphatic carbocycles. The average molecular weight is 264 g/mol. The second kappa shape index (κ2) is 3.08. The van der Waals surface area contributed by atoms with Crippen LogP contribution in [0.1, 0.15) is 10.4 Å². The normalized spacial score (nSPS) is 9.55. The fraction of sp³-hybridized carbons (Fsp3) is 0. The van der Waals surface area contributed by atoms with Gasteiger partial charge in [0.25, 0.3) is 0 Å². The van der Waals surface area contributed by atoms with E-state index in [0.717, 1.165) is 0 Å². The number of halogens is 1. The van der Waals surface area contributed by atoms with Crippen LogP contribution in [0.3, 0.4) is 0 Å². The minimum atomic E-state index is -1.02.